The van der Waals surface area contributed by atoms with Crippen LogP contribution < -0.4 is 21.1 Å². The Bertz CT molecular complexity index is 1310. The number of pyridine rings is 1. The number of fused-ring (bicyclic) bond motifs is 1. The topological polar surface area (TPSA) is 83.4 Å². The van der Waals surface area contributed by atoms with Crippen molar-refractivity contribution in [3.63, 3.8) is 0 Å². The molecule has 3 aromatic rings. The van der Waals surface area contributed by atoms with E-state index in [9.17, 15) is 14.4 Å². The Morgan fingerprint density at radius 3 is 2.10 bits per heavy atom. The van der Waals surface area contributed by atoms with Crippen LogP contribution in [0.5, 0.6) is 0 Å². The van der Waals surface area contributed by atoms with Gasteiger partial charge in [0, 0.05) is 12.7 Å². The average Bonchev–Trinajstić information content (AvgIpc) is 3.43. The van der Waals surface area contributed by atoms with Crippen LogP contribution in [0.2, 0.25) is 0 Å². The SMILES string of the molecule is CN[C@@H](C)C(=O)N[C@H](C(=O)N1CCc2ccn(C(c3ccccc3)c3ccccc3)c(=O)c21)C1CCCCC1. The lowest BCUT2D eigenvalue weighted by atomic mass is 9.83. The molecule has 0 unspecified atom stereocenters. The van der Waals surface area contributed by atoms with Gasteiger partial charge in [0.25, 0.3) is 5.56 Å². The minimum atomic E-state index is -0.647. The number of hydrogen-bond acceptors (Lipinski definition) is 4. The number of nitrogens with zero attached hydrogens (tertiary/aromatic N) is 2. The number of benzene rings is 2. The highest BCUT2D eigenvalue weighted by molar-refractivity contribution is 6.01. The molecule has 204 valence electrons. The summed E-state index contributed by atoms with van der Waals surface area (Å²) >= 11 is 0. The predicted octanol–water partition coefficient (Wildman–Crippen LogP) is 4.05. The van der Waals surface area contributed by atoms with Crippen molar-refractivity contribution in [2.24, 2.45) is 5.92 Å². The second-order valence-electron chi connectivity index (χ2n) is 10.8. The van der Waals surface area contributed by atoms with E-state index >= 15 is 0 Å². The number of nitrogens with one attached hydrogen (secondary N) is 2. The van der Waals surface area contributed by atoms with Crippen LogP contribution in [-0.4, -0.2) is 42.1 Å². The first-order valence-electron chi connectivity index (χ1n) is 14.1. The quantitative estimate of drug-likeness (QED) is 0.464. The number of amides is 2. The molecule has 2 atom stereocenters. The third-order valence-corrected chi connectivity index (χ3v) is 8.34. The zero-order valence-corrected chi connectivity index (χ0v) is 22.8. The highest BCUT2D eigenvalue weighted by Crippen LogP contribution is 2.32. The molecule has 2 amide bonds. The smallest absolute Gasteiger partial charge is 0.275 e. The Morgan fingerprint density at radius 2 is 1.51 bits per heavy atom. The molecule has 0 radical (unpaired) electrons. The predicted molar refractivity (Wildman–Crippen MR) is 154 cm³/mol. The molecule has 7 nitrogen and oxygen atoms in total. The summed E-state index contributed by atoms with van der Waals surface area (Å²) in [5.41, 5.74) is 3.12. The highest BCUT2D eigenvalue weighted by atomic mass is 16.2. The lowest BCUT2D eigenvalue weighted by molar-refractivity contribution is -0.130. The standard InChI is InChI=1S/C32H38N4O3/c1-22(33-2)30(37)34-27(23-12-6-3-7-13-23)31(38)36-21-19-26-18-20-35(32(39)29(26)36)28(24-14-8-4-9-15-24)25-16-10-5-11-17-25/h4-5,8-11,14-18,20,22-23,27-28,33H,3,6-7,12-13,19,21H2,1-2H3,(H,34,37)/t22-,27-/m0/s1. The summed E-state index contributed by atoms with van der Waals surface area (Å²) in [6.07, 6.45) is 7.51. The molecule has 2 aliphatic rings. The maximum absolute atomic E-state index is 14.2. The van der Waals surface area contributed by atoms with Crippen molar-refractivity contribution in [3.8, 4) is 0 Å². The van der Waals surface area contributed by atoms with Gasteiger partial charge in [-0.15, -0.1) is 0 Å². The molecule has 2 heterocycles. The van der Waals surface area contributed by atoms with E-state index in [1.165, 1.54) is 0 Å². The third-order valence-electron chi connectivity index (χ3n) is 8.34. The fourth-order valence-electron chi connectivity index (χ4n) is 6.05. The number of rotatable bonds is 8. The number of likely N-dealkylation sites (N-methyl/N-ethyl adjacent to an activating group) is 1. The molecule has 2 N–H and O–H groups in total. The lowest BCUT2D eigenvalue weighted by Crippen LogP contribution is -2.56. The molecule has 1 fully saturated rings. The van der Waals surface area contributed by atoms with Gasteiger partial charge >= 0.3 is 0 Å². The molecule has 7 heteroatoms. The van der Waals surface area contributed by atoms with Gasteiger partial charge in [0.05, 0.1) is 12.1 Å². The van der Waals surface area contributed by atoms with E-state index in [0.717, 1.165) is 48.8 Å². The van der Waals surface area contributed by atoms with Gasteiger partial charge in [0.2, 0.25) is 11.8 Å². The Hall–Kier alpha value is -3.71. The second kappa shape index (κ2) is 12.0. The van der Waals surface area contributed by atoms with Crippen LogP contribution in [-0.2, 0) is 16.0 Å². The van der Waals surface area contributed by atoms with E-state index in [0.29, 0.717) is 18.7 Å². The molecule has 0 bridgehead atoms. The lowest BCUT2D eigenvalue weighted by Gasteiger charge is -2.33. The van der Waals surface area contributed by atoms with E-state index in [1.54, 1.807) is 23.4 Å². The van der Waals surface area contributed by atoms with Crippen molar-refractivity contribution < 1.29 is 9.59 Å². The van der Waals surface area contributed by atoms with E-state index in [1.807, 2.05) is 72.9 Å². The summed E-state index contributed by atoms with van der Waals surface area (Å²) in [7, 11) is 1.73. The van der Waals surface area contributed by atoms with Crippen LogP contribution in [0.15, 0.2) is 77.7 Å². The minimum absolute atomic E-state index is 0.0654. The van der Waals surface area contributed by atoms with Gasteiger partial charge in [-0.1, -0.05) is 79.9 Å². The van der Waals surface area contributed by atoms with Gasteiger partial charge in [0.1, 0.15) is 11.7 Å². The monoisotopic (exact) mass is 526 g/mol. The first-order valence-corrected chi connectivity index (χ1v) is 14.1. The summed E-state index contributed by atoms with van der Waals surface area (Å²) in [4.78, 5) is 42.9. The molecule has 0 spiro atoms. The zero-order valence-electron chi connectivity index (χ0n) is 22.8. The highest BCUT2D eigenvalue weighted by Gasteiger charge is 2.38. The van der Waals surface area contributed by atoms with Gasteiger partial charge in [0.15, 0.2) is 0 Å². The summed E-state index contributed by atoms with van der Waals surface area (Å²) in [5.74, 6) is -0.307. The zero-order chi connectivity index (χ0) is 27.4. The van der Waals surface area contributed by atoms with Crippen molar-refractivity contribution in [3.05, 3.63) is 100.0 Å². The molecular formula is C32H38N4O3. The molecule has 2 aromatic carbocycles. The van der Waals surface area contributed by atoms with E-state index in [2.05, 4.69) is 10.6 Å². The van der Waals surface area contributed by atoms with E-state index in [4.69, 9.17) is 0 Å². The van der Waals surface area contributed by atoms with Crippen LogP contribution in [0.25, 0.3) is 0 Å². The number of carbonyl (C=O) groups is 2. The van der Waals surface area contributed by atoms with Crippen molar-refractivity contribution in [2.45, 2.75) is 63.6 Å². The van der Waals surface area contributed by atoms with Crippen LogP contribution in [0.4, 0.5) is 5.69 Å². The largest absolute Gasteiger partial charge is 0.343 e. The van der Waals surface area contributed by atoms with Gasteiger partial charge in [-0.25, -0.2) is 0 Å². The Kier molecular flexibility index (Phi) is 8.27. The summed E-state index contributed by atoms with van der Waals surface area (Å²) in [6.45, 7) is 2.23. The minimum Gasteiger partial charge on any atom is -0.343 e. The van der Waals surface area contributed by atoms with E-state index < -0.39 is 12.1 Å². The van der Waals surface area contributed by atoms with Crippen LogP contribution >= 0.6 is 0 Å². The molecule has 1 aromatic heterocycles. The summed E-state index contributed by atoms with van der Waals surface area (Å²) < 4.78 is 1.74. The Labute approximate surface area is 230 Å². The molecule has 1 saturated carbocycles. The van der Waals surface area contributed by atoms with Crippen molar-refractivity contribution >= 4 is 17.5 Å². The maximum atomic E-state index is 14.2. The number of hydrogen-bond donors (Lipinski definition) is 2. The molecule has 0 saturated heterocycles. The molecular weight excluding hydrogens is 488 g/mol. The normalized spacial score (nSPS) is 17.1. The van der Waals surface area contributed by atoms with Crippen molar-refractivity contribution in [2.75, 3.05) is 18.5 Å². The van der Waals surface area contributed by atoms with Crippen molar-refractivity contribution in [1.82, 2.24) is 15.2 Å². The van der Waals surface area contributed by atoms with Gasteiger partial charge < -0.3 is 20.1 Å². The maximum Gasteiger partial charge on any atom is 0.275 e. The van der Waals surface area contributed by atoms with Crippen LogP contribution in [0, 0.1) is 5.92 Å². The first-order chi connectivity index (χ1) is 19.0. The molecule has 1 aliphatic heterocycles. The molecule has 5 rings (SSSR count). The van der Waals surface area contributed by atoms with Crippen LogP contribution in [0.3, 0.4) is 0 Å². The number of anilines is 1. The second-order valence-corrected chi connectivity index (χ2v) is 10.8. The fraction of sp³-hybridized carbons (Fsp3) is 0.406. The van der Waals surface area contributed by atoms with E-state index in [-0.39, 0.29) is 29.3 Å². The van der Waals surface area contributed by atoms with Crippen molar-refractivity contribution in [1.29, 1.82) is 0 Å². The summed E-state index contributed by atoms with van der Waals surface area (Å²) in [6, 6.07) is 20.5. The first kappa shape index (κ1) is 26.9. The Balaban J connectivity index is 1.54. The average molecular weight is 527 g/mol. The third kappa shape index (κ3) is 5.55. The molecule has 1 aliphatic carbocycles. The van der Waals surface area contributed by atoms with Gasteiger partial charge in [-0.3, -0.25) is 14.4 Å². The van der Waals surface area contributed by atoms with Gasteiger partial charge in [-0.05, 0) is 61.9 Å². The fourth-order valence-corrected chi connectivity index (χ4v) is 6.05. The molecule has 39 heavy (non-hydrogen) atoms. The summed E-state index contributed by atoms with van der Waals surface area (Å²) in [5, 5.41) is 6.02. The Morgan fingerprint density at radius 1 is 0.897 bits per heavy atom. The number of aromatic nitrogens is 1. The number of carbonyl (C=O) groups excluding carboxylic acids is 2. The van der Waals surface area contributed by atoms with Crippen LogP contribution in [0.1, 0.15) is 61.8 Å². The van der Waals surface area contributed by atoms with Gasteiger partial charge in [-0.2, -0.15) is 0 Å².